The zero-order valence-electron chi connectivity index (χ0n) is 14.7. The van der Waals surface area contributed by atoms with Gasteiger partial charge in [-0.15, -0.1) is 0 Å². The first-order valence-corrected chi connectivity index (χ1v) is 9.32. The Morgan fingerprint density at radius 1 is 1.15 bits per heavy atom. The molecule has 3 aromatic rings. The third kappa shape index (κ3) is 5.27. The average molecular weight is 383 g/mol. The van der Waals surface area contributed by atoms with E-state index in [2.05, 4.69) is 15.3 Å². The molecule has 27 heavy (non-hydrogen) atoms. The van der Waals surface area contributed by atoms with Gasteiger partial charge in [0.1, 0.15) is 5.82 Å². The van der Waals surface area contributed by atoms with Gasteiger partial charge in [0.2, 0.25) is 5.91 Å². The third-order valence-electron chi connectivity index (χ3n) is 3.88. The highest BCUT2D eigenvalue weighted by atomic mass is 32.2. The van der Waals surface area contributed by atoms with Crippen LogP contribution < -0.4 is 10.9 Å². The minimum Gasteiger partial charge on any atom is -0.326 e. The number of hydrogen-bond donors (Lipinski definition) is 2. The smallest absolute Gasteiger partial charge is 0.255 e. The van der Waals surface area contributed by atoms with E-state index in [1.165, 1.54) is 36.0 Å². The molecule has 0 aliphatic carbocycles. The lowest BCUT2D eigenvalue weighted by Gasteiger charge is -2.08. The van der Waals surface area contributed by atoms with Crippen molar-refractivity contribution in [2.75, 3.05) is 5.32 Å². The normalized spacial score (nSPS) is 10.6. The number of anilines is 1. The number of nitrogens with zero attached hydrogens (tertiary/aromatic N) is 1. The maximum Gasteiger partial charge on any atom is 0.255 e. The molecule has 0 spiro atoms. The number of aromatic amines is 1. The van der Waals surface area contributed by atoms with Crippen molar-refractivity contribution in [3.05, 3.63) is 87.6 Å². The third-order valence-corrected chi connectivity index (χ3v) is 4.83. The fourth-order valence-corrected chi connectivity index (χ4v) is 3.35. The van der Waals surface area contributed by atoms with Gasteiger partial charge in [-0.25, -0.2) is 9.37 Å². The molecule has 1 heterocycles. The Kier molecular flexibility index (Phi) is 6.03. The molecule has 0 unspecified atom stereocenters. The summed E-state index contributed by atoms with van der Waals surface area (Å²) in [6.07, 6.45) is -0.102. The van der Waals surface area contributed by atoms with Gasteiger partial charge in [0.25, 0.3) is 5.56 Å². The number of nitrogens with one attached hydrogen (secondary N) is 2. The Morgan fingerprint density at radius 2 is 1.85 bits per heavy atom. The summed E-state index contributed by atoms with van der Waals surface area (Å²) in [5.41, 5.74) is 2.11. The molecule has 1 amide bonds. The summed E-state index contributed by atoms with van der Waals surface area (Å²) in [6.45, 7) is 1.71. The van der Waals surface area contributed by atoms with Crippen LogP contribution in [0.3, 0.4) is 0 Å². The van der Waals surface area contributed by atoms with E-state index in [1.54, 1.807) is 6.92 Å². The van der Waals surface area contributed by atoms with E-state index in [0.717, 1.165) is 5.56 Å². The number of amides is 1. The quantitative estimate of drug-likeness (QED) is 0.503. The topological polar surface area (TPSA) is 74.8 Å². The largest absolute Gasteiger partial charge is 0.326 e. The van der Waals surface area contributed by atoms with Gasteiger partial charge in [0, 0.05) is 22.7 Å². The predicted octanol–water partition coefficient (Wildman–Crippen LogP) is 3.69. The van der Waals surface area contributed by atoms with Crippen molar-refractivity contribution in [1.29, 1.82) is 0 Å². The van der Waals surface area contributed by atoms with E-state index < -0.39 is 0 Å². The number of halogens is 1. The summed E-state index contributed by atoms with van der Waals surface area (Å²) >= 11 is 1.43. The number of hydrogen-bond acceptors (Lipinski definition) is 4. The van der Waals surface area contributed by atoms with Crippen LogP contribution in [0.2, 0.25) is 0 Å². The number of H-pyrrole nitrogens is 1. The second-order valence-corrected chi connectivity index (χ2v) is 6.91. The van der Waals surface area contributed by atoms with Crippen molar-refractivity contribution in [1.82, 2.24) is 9.97 Å². The molecule has 0 aliphatic rings. The Bertz CT molecular complexity index is 988. The standard InChI is InChI=1S/C20H18FN3O2S/c1-13-17(11-18(25)23-16-9-7-15(21)8-10-16)19(26)24-20(22-13)27-12-14-5-3-2-4-6-14/h2-10H,11-12H2,1H3,(H,23,25)(H,22,24,26). The summed E-state index contributed by atoms with van der Waals surface area (Å²) in [7, 11) is 0. The maximum absolute atomic E-state index is 12.9. The van der Waals surface area contributed by atoms with E-state index in [9.17, 15) is 14.0 Å². The molecule has 0 fully saturated rings. The fraction of sp³-hybridized carbons (Fsp3) is 0.150. The van der Waals surface area contributed by atoms with Gasteiger partial charge in [-0.05, 0) is 36.8 Å². The highest BCUT2D eigenvalue weighted by Crippen LogP contribution is 2.19. The molecule has 1 aromatic heterocycles. The predicted molar refractivity (Wildman–Crippen MR) is 104 cm³/mol. The van der Waals surface area contributed by atoms with Crippen LogP contribution in [-0.4, -0.2) is 15.9 Å². The lowest BCUT2D eigenvalue weighted by Crippen LogP contribution is -2.23. The van der Waals surface area contributed by atoms with Crippen LogP contribution in [0.25, 0.3) is 0 Å². The molecule has 0 aliphatic heterocycles. The van der Waals surface area contributed by atoms with Gasteiger partial charge in [0.15, 0.2) is 5.16 Å². The lowest BCUT2D eigenvalue weighted by atomic mass is 10.1. The minimum absolute atomic E-state index is 0.102. The molecule has 2 N–H and O–H groups in total. The van der Waals surface area contributed by atoms with Crippen LogP contribution in [0.15, 0.2) is 64.5 Å². The molecule has 0 atom stereocenters. The van der Waals surface area contributed by atoms with Crippen molar-refractivity contribution >= 4 is 23.4 Å². The fourth-order valence-electron chi connectivity index (χ4n) is 2.49. The second-order valence-electron chi connectivity index (χ2n) is 5.94. The van der Waals surface area contributed by atoms with Crippen molar-refractivity contribution in [3.8, 4) is 0 Å². The summed E-state index contributed by atoms with van der Waals surface area (Å²) in [4.78, 5) is 31.7. The van der Waals surface area contributed by atoms with E-state index in [-0.39, 0.29) is 23.7 Å². The molecule has 0 bridgehead atoms. The summed E-state index contributed by atoms with van der Waals surface area (Å²) in [6, 6.07) is 15.3. The summed E-state index contributed by atoms with van der Waals surface area (Å²) in [5.74, 6) is -0.0528. The van der Waals surface area contributed by atoms with Gasteiger partial charge < -0.3 is 10.3 Å². The summed E-state index contributed by atoms with van der Waals surface area (Å²) < 4.78 is 12.9. The number of benzene rings is 2. The van der Waals surface area contributed by atoms with Crippen LogP contribution in [0.1, 0.15) is 16.8 Å². The first kappa shape index (κ1) is 18.8. The van der Waals surface area contributed by atoms with E-state index >= 15 is 0 Å². The minimum atomic E-state index is -0.381. The Labute approximate surface area is 160 Å². The van der Waals surface area contributed by atoms with Crippen molar-refractivity contribution in [2.45, 2.75) is 24.3 Å². The average Bonchev–Trinajstić information content (AvgIpc) is 2.66. The molecule has 3 rings (SSSR count). The maximum atomic E-state index is 12.9. The molecule has 7 heteroatoms. The van der Waals surface area contributed by atoms with Crippen LogP contribution in [-0.2, 0) is 17.0 Å². The van der Waals surface area contributed by atoms with Crippen molar-refractivity contribution < 1.29 is 9.18 Å². The highest BCUT2D eigenvalue weighted by molar-refractivity contribution is 7.98. The SMILES string of the molecule is Cc1nc(SCc2ccccc2)[nH]c(=O)c1CC(=O)Nc1ccc(F)cc1. The monoisotopic (exact) mass is 383 g/mol. The number of aromatic nitrogens is 2. The van der Waals surface area contributed by atoms with E-state index in [4.69, 9.17) is 0 Å². The Balaban J connectivity index is 1.66. The number of thioether (sulfide) groups is 1. The Morgan fingerprint density at radius 3 is 2.52 bits per heavy atom. The van der Waals surface area contributed by atoms with Gasteiger partial charge in [0.05, 0.1) is 6.42 Å². The van der Waals surface area contributed by atoms with E-state index in [0.29, 0.717) is 27.9 Å². The number of carbonyl (C=O) groups is 1. The summed E-state index contributed by atoms with van der Waals surface area (Å²) in [5, 5.41) is 3.16. The molecule has 0 saturated carbocycles. The molecule has 138 valence electrons. The number of carbonyl (C=O) groups excluding carboxylic acids is 1. The van der Waals surface area contributed by atoms with Crippen LogP contribution in [0.4, 0.5) is 10.1 Å². The Hall–Kier alpha value is -2.93. The van der Waals surface area contributed by atoms with Gasteiger partial charge >= 0.3 is 0 Å². The molecule has 0 saturated heterocycles. The first-order chi connectivity index (χ1) is 13.0. The van der Waals surface area contributed by atoms with Crippen molar-refractivity contribution in [3.63, 3.8) is 0 Å². The van der Waals surface area contributed by atoms with Gasteiger partial charge in [-0.3, -0.25) is 9.59 Å². The first-order valence-electron chi connectivity index (χ1n) is 8.33. The number of aryl methyl sites for hydroxylation is 1. The molecular formula is C20H18FN3O2S. The zero-order valence-corrected chi connectivity index (χ0v) is 15.5. The second kappa shape index (κ2) is 8.64. The van der Waals surface area contributed by atoms with Gasteiger partial charge in [-0.1, -0.05) is 42.1 Å². The molecule has 5 nitrogen and oxygen atoms in total. The number of rotatable bonds is 6. The molecule has 2 aromatic carbocycles. The lowest BCUT2D eigenvalue weighted by molar-refractivity contribution is -0.115. The molecule has 0 radical (unpaired) electrons. The van der Waals surface area contributed by atoms with Crippen LogP contribution in [0.5, 0.6) is 0 Å². The van der Waals surface area contributed by atoms with Crippen LogP contribution >= 0.6 is 11.8 Å². The van der Waals surface area contributed by atoms with Crippen molar-refractivity contribution in [2.24, 2.45) is 0 Å². The van der Waals surface area contributed by atoms with E-state index in [1.807, 2.05) is 30.3 Å². The zero-order chi connectivity index (χ0) is 19.2. The van der Waals surface area contributed by atoms with Gasteiger partial charge in [-0.2, -0.15) is 0 Å². The molecular weight excluding hydrogens is 365 g/mol. The van der Waals surface area contributed by atoms with Crippen LogP contribution in [0, 0.1) is 12.7 Å². The highest BCUT2D eigenvalue weighted by Gasteiger charge is 2.13.